The van der Waals surface area contributed by atoms with Crippen molar-refractivity contribution in [2.45, 2.75) is 28.9 Å². The molecule has 0 spiro atoms. The number of sulfone groups is 1. The van der Waals surface area contributed by atoms with Crippen LogP contribution in [0.5, 0.6) is 0 Å². The number of aromatic nitrogens is 2. The van der Waals surface area contributed by atoms with E-state index in [4.69, 9.17) is 4.42 Å². The zero-order valence-corrected chi connectivity index (χ0v) is 19.4. The first-order valence-corrected chi connectivity index (χ1v) is 12.4. The molecule has 3 rings (SSSR count). The number of hydrogen-bond donors (Lipinski definition) is 1. The Morgan fingerprint density at radius 3 is 2.22 bits per heavy atom. The molecule has 12 heteroatoms. The minimum Gasteiger partial charge on any atom is -0.403 e. The molecule has 0 aliphatic rings. The SMILES string of the molecule is CC(C)S(=O)(=O)c1cccc(C(=O)Nc2nnc(-c3ccc(S(=O)(=O)N(C)C)cc3)o2)c1. The minimum absolute atomic E-state index is 0.0409. The fourth-order valence-electron chi connectivity index (χ4n) is 2.63. The van der Waals surface area contributed by atoms with Gasteiger partial charge in [0.2, 0.25) is 15.9 Å². The van der Waals surface area contributed by atoms with E-state index in [1.807, 2.05) is 0 Å². The third-order valence-corrected chi connectivity index (χ3v) is 8.55. The van der Waals surface area contributed by atoms with Gasteiger partial charge in [0.05, 0.1) is 15.0 Å². The number of amides is 1. The molecule has 1 aromatic heterocycles. The smallest absolute Gasteiger partial charge is 0.322 e. The first-order chi connectivity index (χ1) is 14.9. The van der Waals surface area contributed by atoms with E-state index >= 15 is 0 Å². The van der Waals surface area contributed by atoms with E-state index in [1.165, 1.54) is 62.6 Å². The van der Waals surface area contributed by atoms with Crippen molar-refractivity contribution in [1.82, 2.24) is 14.5 Å². The lowest BCUT2D eigenvalue weighted by molar-refractivity contribution is 0.102. The maximum absolute atomic E-state index is 12.5. The minimum atomic E-state index is -3.57. The molecule has 2 aromatic carbocycles. The van der Waals surface area contributed by atoms with E-state index in [9.17, 15) is 21.6 Å². The van der Waals surface area contributed by atoms with E-state index in [0.717, 1.165) is 4.31 Å². The van der Waals surface area contributed by atoms with Crippen LogP contribution >= 0.6 is 0 Å². The summed E-state index contributed by atoms with van der Waals surface area (Å²) in [5, 5.41) is 9.42. The van der Waals surface area contributed by atoms with Crippen molar-refractivity contribution in [2.24, 2.45) is 0 Å². The molecule has 0 atom stereocenters. The molecule has 0 saturated heterocycles. The lowest BCUT2D eigenvalue weighted by Gasteiger charge is -2.11. The van der Waals surface area contributed by atoms with Crippen molar-refractivity contribution in [3.05, 3.63) is 54.1 Å². The van der Waals surface area contributed by atoms with E-state index in [2.05, 4.69) is 15.5 Å². The molecule has 0 aliphatic heterocycles. The molecule has 0 unspecified atom stereocenters. The lowest BCUT2D eigenvalue weighted by atomic mass is 10.2. The average molecular weight is 479 g/mol. The molecule has 170 valence electrons. The number of nitrogens with one attached hydrogen (secondary N) is 1. The maximum Gasteiger partial charge on any atom is 0.322 e. The Hall–Kier alpha value is -3.09. The van der Waals surface area contributed by atoms with Gasteiger partial charge in [0.25, 0.3) is 5.91 Å². The summed E-state index contributed by atoms with van der Waals surface area (Å²) in [4.78, 5) is 12.7. The Balaban J connectivity index is 1.78. The van der Waals surface area contributed by atoms with Gasteiger partial charge < -0.3 is 4.42 Å². The molecule has 3 aromatic rings. The molecule has 1 amide bonds. The Labute approximate surface area is 186 Å². The molecular weight excluding hydrogens is 456 g/mol. The van der Waals surface area contributed by atoms with Crippen LogP contribution in [0.1, 0.15) is 24.2 Å². The number of nitrogens with zero attached hydrogens (tertiary/aromatic N) is 3. The molecule has 1 heterocycles. The number of anilines is 1. The number of rotatable bonds is 7. The highest BCUT2D eigenvalue weighted by atomic mass is 32.2. The summed E-state index contributed by atoms with van der Waals surface area (Å²) in [6, 6.07) is 11.3. The fourth-order valence-corrected chi connectivity index (χ4v) is 4.63. The van der Waals surface area contributed by atoms with E-state index in [0.29, 0.717) is 5.56 Å². The maximum atomic E-state index is 12.5. The summed E-state index contributed by atoms with van der Waals surface area (Å²) in [7, 11) is -4.24. The molecule has 10 nitrogen and oxygen atoms in total. The molecule has 0 fully saturated rings. The normalized spacial score (nSPS) is 12.3. The second kappa shape index (κ2) is 8.81. The molecular formula is C20H22N4O6S2. The predicted molar refractivity (Wildman–Crippen MR) is 117 cm³/mol. The highest BCUT2D eigenvalue weighted by Gasteiger charge is 2.21. The largest absolute Gasteiger partial charge is 0.403 e. The van der Waals surface area contributed by atoms with Crippen LogP contribution in [0.3, 0.4) is 0 Å². The molecule has 32 heavy (non-hydrogen) atoms. The quantitative estimate of drug-likeness (QED) is 0.546. The van der Waals surface area contributed by atoms with E-state index in [-0.39, 0.29) is 27.3 Å². The highest BCUT2D eigenvalue weighted by Crippen LogP contribution is 2.23. The lowest BCUT2D eigenvalue weighted by Crippen LogP contribution is -2.22. The Kier molecular flexibility index (Phi) is 6.49. The first-order valence-electron chi connectivity index (χ1n) is 9.44. The highest BCUT2D eigenvalue weighted by molar-refractivity contribution is 7.92. The molecule has 0 aliphatic carbocycles. The Morgan fingerprint density at radius 2 is 1.62 bits per heavy atom. The van der Waals surface area contributed by atoms with Gasteiger partial charge in [-0.05, 0) is 56.3 Å². The molecule has 0 bridgehead atoms. The van der Waals surface area contributed by atoms with Crippen molar-refractivity contribution in [1.29, 1.82) is 0 Å². The summed E-state index contributed by atoms with van der Waals surface area (Å²) in [5.74, 6) is -0.543. The van der Waals surface area contributed by atoms with Crippen LogP contribution in [0.25, 0.3) is 11.5 Å². The second-order valence-electron chi connectivity index (χ2n) is 7.30. The third-order valence-electron chi connectivity index (χ3n) is 4.57. The van der Waals surface area contributed by atoms with Gasteiger partial charge in [-0.3, -0.25) is 10.1 Å². The van der Waals surface area contributed by atoms with Gasteiger partial charge >= 0.3 is 6.01 Å². The van der Waals surface area contributed by atoms with Crippen LogP contribution in [0.4, 0.5) is 6.01 Å². The fraction of sp³-hybridized carbons (Fsp3) is 0.250. The Morgan fingerprint density at radius 1 is 0.969 bits per heavy atom. The van der Waals surface area contributed by atoms with Crippen LogP contribution in [0.2, 0.25) is 0 Å². The number of sulfonamides is 1. The zero-order valence-electron chi connectivity index (χ0n) is 17.8. The number of hydrogen-bond acceptors (Lipinski definition) is 8. The van der Waals surface area contributed by atoms with Crippen molar-refractivity contribution >= 4 is 31.8 Å². The standard InChI is InChI=1S/C20H22N4O6S2/c1-13(2)31(26,27)17-7-5-6-15(12-17)18(25)21-20-23-22-19(30-20)14-8-10-16(11-9-14)32(28,29)24(3)4/h5-13H,1-4H3,(H,21,23,25). The number of carbonyl (C=O) groups excluding carboxylic acids is 1. The number of benzene rings is 2. The zero-order chi connectivity index (χ0) is 23.7. The molecule has 0 saturated carbocycles. The van der Waals surface area contributed by atoms with Crippen LogP contribution in [-0.4, -0.2) is 56.6 Å². The summed E-state index contributed by atoms with van der Waals surface area (Å²) in [6.07, 6.45) is 0. The molecule has 1 N–H and O–H groups in total. The summed E-state index contributed by atoms with van der Waals surface area (Å²) < 4.78 is 55.5. The number of carbonyl (C=O) groups is 1. The van der Waals surface area contributed by atoms with E-state index < -0.39 is 31.0 Å². The van der Waals surface area contributed by atoms with Crippen LogP contribution in [0.15, 0.2) is 62.7 Å². The van der Waals surface area contributed by atoms with Crippen molar-refractivity contribution in [3.63, 3.8) is 0 Å². The van der Waals surface area contributed by atoms with Crippen molar-refractivity contribution in [3.8, 4) is 11.5 Å². The Bertz CT molecular complexity index is 1340. The van der Waals surface area contributed by atoms with Crippen LogP contribution in [0, 0.1) is 0 Å². The van der Waals surface area contributed by atoms with Crippen molar-refractivity contribution in [2.75, 3.05) is 19.4 Å². The van der Waals surface area contributed by atoms with Gasteiger partial charge in [0.1, 0.15) is 0 Å². The van der Waals surface area contributed by atoms with Gasteiger partial charge in [0.15, 0.2) is 9.84 Å². The summed E-state index contributed by atoms with van der Waals surface area (Å²) in [6.45, 7) is 3.12. The molecule has 0 radical (unpaired) electrons. The first kappa shape index (κ1) is 23.6. The van der Waals surface area contributed by atoms with E-state index in [1.54, 1.807) is 13.8 Å². The van der Waals surface area contributed by atoms with Crippen molar-refractivity contribution < 1.29 is 26.0 Å². The van der Waals surface area contributed by atoms with Crippen LogP contribution < -0.4 is 5.32 Å². The van der Waals surface area contributed by atoms with Gasteiger partial charge in [-0.1, -0.05) is 11.2 Å². The summed E-state index contributed by atoms with van der Waals surface area (Å²) >= 11 is 0. The third kappa shape index (κ3) is 4.71. The van der Waals surface area contributed by atoms with Gasteiger partial charge in [-0.25, -0.2) is 21.1 Å². The topological polar surface area (TPSA) is 140 Å². The van der Waals surface area contributed by atoms with Gasteiger partial charge in [-0.2, -0.15) is 0 Å². The summed E-state index contributed by atoms with van der Waals surface area (Å²) in [5.41, 5.74) is 0.574. The second-order valence-corrected chi connectivity index (χ2v) is 12.0. The van der Waals surface area contributed by atoms with Crippen LogP contribution in [-0.2, 0) is 19.9 Å². The average Bonchev–Trinajstić information content (AvgIpc) is 3.22. The predicted octanol–water partition coefficient (Wildman–Crippen LogP) is 2.42. The van der Waals surface area contributed by atoms with Gasteiger partial charge in [-0.15, -0.1) is 5.10 Å². The van der Waals surface area contributed by atoms with Gasteiger partial charge in [0, 0.05) is 25.2 Å². The monoisotopic (exact) mass is 478 g/mol.